The quantitative estimate of drug-likeness (QED) is 0.814. The van der Waals surface area contributed by atoms with Gasteiger partial charge in [-0.05, 0) is 36.2 Å². The Labute approximate surface area is 143 Å². The minimum atomic E-state index is 0. The highest BCUT2D eigenvalue weighted by molar-refractivity contribution is 6.08. The lowest BCUT2D eigenvalue weighted by Gasteiger charge is -2.24. The molecular weight excluding hydrogens is 310 g/mol. The van der Waals surface area contributed by atoms with Gasteiger partial charge in [0.05, 0.1) is 11.4 Å². The van der Waals surface area contributed by atoms with Crippen LogP contribution < -0.4 is 15.5 Å². The highest BCUT2D eigenvalue weighted by Crippen LogP contribution is 2.33. The number of nitrogens with zero attached hydrogens (tertiary/aromatic N) is 2. The molecule has 1 atom stereocenters. The lowest BCUT2D eigenvalue weighted by atomic mass is 10.1. The zero-order valence-electron chi connectivity index (χ0n) is 13.4. The molecule has 2 aromatic rings. The number of anilines is 3. The van der Waals surface area contributed by atoms with Crippen LogP contribution in [0.5, 0.6) is 0 Å². The molecule has 1 aliphatic heterocycles. The molecule has 0 radical (unpaired) electrons. The summed E-state index contributed by atoms with van der Waals surface area (Å²) in [7, 11) is 2.07. The molecule has 1 amide bonds. The van der Waals surface area contributed by atoms with Crippen LogP contribution in [0.3, 0.4) is 0 Å². The fourth-order valence-electron chi connectivity index (χ4n) is 3.07. The average Bonchev–Trinajstić information content (AvgIpc) is 2.63. The number of nitrogen functional groups attached to an aromatic ring is 1. The van der Waals surface area contributed by atoms with Crippen LogP contribution in [0, 0.1) is 5.92 Å². The minimum absolute atomic E-state index is 0. The maximum Gasteiger partial charge on any atom is 0.258 e. The molecule has 1 heterocycles. The fourth-order valence-corrected chi connectivity index (χ4v) is 3.07. The van der Waals surface area contributed by atoms with E-state index < -0.39 is 0 Å². The molecule has 0 aliphatic carbocycles. The summed E-state index contributed by atoms with van der Waals surface area (Å²) in [5.41, 5.74) is 9.11. The summed E-state index contributed by atoms with van der Waals surface area (Å²) in [5, 5.41) is 0. The maximum atomic E-state index is 13.0. The summed E-state index contributed by atoms with van der Waals surface area (Å²) in [6.45, 7) is 3.80. The molecule has 0 spiro atoms. The molecule has 0 aromatic heterocycles. The van der Waals surface area contributed by atoms with Gasteiger partial charge >= 0.3 is 0 Å². The van der Waals surface area contributed by atoms with Gasteiger partial charge in [0.15, 0.2) is 0 Å². The predicted molar refractivity (Wildman–Crippen MR) is 98.7 cm³/mol. The number of para-hydroxylation sites is 2. The second-order valence-corrected chi connectivity index (χ2v) is 6.02. The normalized spacial score (nSPS) is 17.0. The molecule has 23 heavy (non-hydrogen) atoms. The van der Waals surface area contributed by atoms with Crippen LogP contribution in [0.4, 0.5) is 17.1 Å². The van der Waals surface area contributed by atoms with E-state index in [-0.39, 0.29) is 18.3 Å². The van der Waals surface area contributed by atoms with Gasteiger partial charge in [0.1, 0.15) is 0 Å². The summed E-state index contributed by atoms with van der Waals surface area (Å²) >= 11 is 0. The van der Waals surface area contributed by atoms with Crippen molar-refractivity contribution in [2.45, 2.75) is 6.92 Å². The Morgan fingerprint density at radius 2 is 1.78 bits per heavy atom. The Kier molecular flexibility index (Phi) is 5.16. The lowest BCUT2D eigenvalue weighted by molar-refractivity contribution is 0.0984. The number of halogens is 1. The Hall–Kier alpha value is -2.20. The molecule has 5 heteroatoms. The highest BCUT2D eigenvalue weighted by atomic mass is 35.5. The van der Waals surface area contributed by atoms with Gasteiger partial charge < -0.3 is 15.5 Å². The van der Waals surface area contributed by atoms with Gasteiger partial charge in [0, 0.05) is 31.4 Å². The van der Waals surface area contributed by atoms with Crippen molar-refractivity contribution in [3.05, 3.63) is 54.1 Å². The SMILES string of the molecule is CC1CN(C)c2ccccc2N(C(=O)c2cccc(N)c2)C1.Cl. The fraction of sp³-hybridized carbons (Fsp3) is 0.278. The van der Waals surface area contributed by atoms with Crippen LogP contribution in [-0.2, 0) is 0 Å². The smallest absolute Gasteiger partial charge is 0.258 e. The van der Waals surface area contributed by atoms with Crippen LogP contribution in [0.1, 0.15) is 17.3 Å². The first-order valence-electron chi connectivity index (χ1n) is 7.54. The number of hydrogen-bond donors (Lipinski definition) is 1. The molecule has 4 nitrogen and oxygen atoms in total. The van der Waals surface area contributed by atoms with E-state index in [2.05, 4.69) is 24.9 Å². The maximum absolute atomic E-state index is 13.0. The molecule has 3 rings (SSSR count). The van der Waals surface area contributed by atoms with Crippen molar-refractivity contribution < 1.29 is 4.79 Å². The molecule has 0 saturated carbocycles. The number of amides is 1. The molecule has 0 saturated heterocycles. The van der Waals surface area contributed by atoms with Crippen molar-refractivity contribution in [3.8, 4) is 0 Å². The number of hydrogen-bond acceptors (Lipinski definition) is 3. The molecule has 0 fully saturated rings. The van der Waals surface area contributed by atoms with Crippen molar-refractivity contribution in [2.24, 2.45) is 5.92 Å². The first-order valence-corrected chi connectivity index (χ1v) is 7.54. The summed E-state index contributed by atoms with van der Waals surface area (Å²) < 4.78 is 0. The first-order chi connectivity index (χ1) is 10.6. The Bertz CT molecular complexity index is 704. The van der Waals surface area contributed by atoms with E-state index in [1.807, 2.05) is 35.2 Å². The Morgan fingerprint density at radius 1 is 1.09 bits per heavy atom. The Morgan fingerprint density at radius 3 is 2.48 bits per heavy atom. The van der Waals surface area contributed by atoms with Gasteiger partial charge in [0.25, 0.3) is 5.91 Å². The summed E-state index contributed by atoms with van der Waals surface area (Å²) in [5.74, 6) is 0.393. The number of nitrogens with two attached hydrogens (primary N) is 1. The minimum Gasteiger partial charge on any atom is -0.399 e. The van der Waals surface area contributed by atoms with E-state index in [9.17, 15) is 4.79 Å². The lowest BCUT2D eigenvalue weighted by Crippen LogP contribution is -2.34. The third-order valence-corrected chi connectivity index (χ3v) is 4.04. The van der Waals surface area contributed by atoms with Gasteiger partial charge in [0.2, 0.25) is 0 Å². The second kappa shape index (κ2) is 6.92. The van der Waals surface area contributed by atoms with Gasteiger partial charge in [-0.15, -0.1) is 12.4 Å². The molecule has 2 aromatic carbocycles. The third-order valence-electron chi connectivity index (χ3n) is 4.04. The van der Waals surface area contributed by atoms with Crippen molar-refractivity contribution in [2.75, 3.05) is 35.7 Å². The molecule has 1 unspecified atom stereocenters. The largest absolute Gasteiger partial charge is 0.399 e. The van der Waals surface area contributed by atoms with E-state index in [1.165, 1.54) is 0 Å². The zero-order valence-corrected chi connectivity index (χ0v) is 14.2. The van der Waals surface area contributed by atoms with Gasteiger partial charge in [-0.25, -0.2) is 0 Å². The van der Waals surface area contributed by atoms with E-state index in [4.69, 9.17) is 5.73 Å². The molecule has 0 bridgehead atoms. The topological polar surface area (TPSA) is 49.6 Å². The van der Waals surface area contributed by atoms with Crippen LogP contribution in [0.25, 0.3) is 0 Å². The molecular formula is C18H22ClN3O. The number of benzene rings is 2. The summed E-state index contributed by atoms with van der Waals surface area (Å²) in [4.78, 5) is 17.1. The van der Waals surface area contributed by atoms with Crippen LogP contribution >= 0.6 is 12.4 Å². The van der Waals surface area contributed by atoms with Gasteiger partial charge in [-0.2, -0.15) is 0 Å². The van der Waals surface area contributed by atoms with Crippen LogP contribution in [-0.4, -0.2) is 26.0 Å². The van der Waals surface area contributed by atoms with E-state index >= 15 is 0 Å². The first kappa shape index (κ1) is 17.2. The van der Waals surface area contributed by atoms with Crippen LogP contribution in [0.15, 0.2) is 48.5 Å². The van der Waals surface area contributed by atoms with E-state index in [0.29, 0.717) is 23.7 Å². The third kappa shape index (κ3) is 3.42. The van der Waals surface area contributed by atoms with Gasteiger partial charge in [-0.3, -0.25) is 4.79 Å². The van der Waals surface area contributed by atoms with Gasteiger partial charge in [-0.1, -0.05) is 25.1 Å². The number of rotatable bonds is 1. The monoisotopic (exact) mass is 331 g/mol. The highest BCUT2D eigenvalue weighted by Gasteiger charge is 2.27. The second-order valence-electron chi connectivity index (χ2n) is 6.02. The summed E-state index contributed by atoms with van der Waals surface area (Å²) in [6.07, 6.45) is 0. The summed E-state index contributed by atoms with van der Waals surface area (Å²) in [6, 6.07) is 15.2. The molecule has 1 aliphatic rings. The zero-order chi connectivity index (χ0) is 15.7. The number of carbonyl (C=O) groups is 1. The average molecular weight is 332 g/mol. The number of fused-ring (bicyclic) bond motifs is 1. The van der Waals surface area contributed by atoms with Crippen LogP contribution in [0.2, 0.25) is 0 Å². The standard InChI is InChI=1S/C18H21N3O.ClH/c1-13-11-20(2)16-8-3-4-9-17(16)21(12-13)18(22)14-6-5-7-15(19)10-14;/h3-10,13H,11-12,19H2,1-2H3;1H. The molecule has 122 valence electrons. The van der Waals surface area contributed by atoms with Crippen molar-refractivity contribution in [1.29, 1.82) is 0 Å². The predicted octanol–water partition coefficient (Wildman–Crippen LogP) is 3.42. The Balaban J connectivity index is 0.00000192. The van der Waals surface area contributed by atoms with Crippen molar-refractivity contribution in [3.63, 3.8) is 0 Å². The van der Waals surface area contributed by atoms with E-state index in [0.717, 1.165) is 17.9 Å². The van der Waals surface area contributed by atoms with E-state index in [1.54, 1.807) is 12.1 Å². The van der Waals surface area contributed by atoms with Crippen molar-refractivity contribution >= 4 is 35.4 Å². The van der Waals surface area contributed by atoms with Crippen molar-refractivity contribution in [1.82, 2.24) is 0 Å². The number of carbonyl (C=O) groups excluding carboxylic acids is 1. The molecule has 2 N–H and O–H groups in total.